The van der Waals surface area contributed by atoms with Crippen LogP contribution in [-0.2, 0) is 11.2 Å². The molecule has 18 heavy (non-hydrogen) atoms. The van der Waals surface area contributed by atoms with Crippen molar-refractivity contribution in [3.8, 4) is 0 Å². The van der Waals surface area contributed by atoms with Gasteiger partial charge in [-0.1, -0.05) is 29.8 Å². The molecule has 0 amide bonds. The second kappa shape index (κ2) is 6.12. The molecule has 0 aliphatic heterocycles. The van der Waals surface area contributed by atoms with Gasteiger partial charge in [-0.2, -0.15) is 0 Å². The van der Waals surface area contributed by atoms with Gasteiger partial charge in [0.25, 0.3) is 0 Å². The first-order valence-electron chi connectivity index (χ1n) is 5.44. The van der Waals surface area contributed by atoms with Gasteiger partial charge in [-0.25, -0.2) is 14.8 Å². The van der Waals surface area contributed by atoms with Crippen molar-refractivity contribution >= 4 is 17.6 Å². The Morgan fingerprint density at radius 1 is 1.28 bits per heavy atom. The molecule has 0 aliphatic rings. The molecular formula is C13H11ClN2O2. The number of rotatable bonds is 4. The molecule has 0 spiro atoms. The molecule has 0 N–H and O–H groups in total. The second-order valence-corrected chi connectivity index (χ2v) is 3.95. The average Bonchev–Trinajstić information content (AvgIpc) is 2.42. The maximum atomic E-state index is 11.6. The minimum absolute atomic E-state index is 0.251. The van der Waals surface area contributed by atoms with Gasteiger partial charge in [0, 0.05) is 18.2 Å². The number of halogens is 1. The predicted octanol–water partition coefficient (Wildman–Crippen LogP) is 2.53. The normalized spacial score (nSPS) is 10.1. The molecule has 1 aromatic carbocycles. The van der Waals surface area contributed by atoms with Gasteiger partial charge in [0.2, 0.25) is 0 Å². The molecule has 2 aromatic rings. The highest BCUT2D eigenvalue weighted by atomic mass is 35.5. The predicted molar refractivity (Wildman–Crippen MR) is 67.5 cm³/mol. The summed E-state index contributed by atoms with van der Waals surface area (Å²) in [7, 11) is 0. The molecule has 0 saturated heterocycles. The molecule has 5 heteroatoms. The lowest BCUT2D eigenvalue weighted by Crippen LogP contribution is -2.08. The summed E-state index contributed by atoms with van der Waals surface area (Å²) in [4.78, 5) is 19.3. The topological polar surface area (TPSA) is 52.1 Å². The highest BCUT2D eigenvalue weighted by Gasteiger charge is 2.07. The zero-order valence-corrected chi connectivity index (χ0v) is 10.3. The summed E-state index contributed by atoms with van der Waals surface area (Å²) in [6, 6.07) is 8.84. The largest absolute Gasteiger partial charge is 0.462 e. The number of ether oxygens (including phenoxy) is 1. The smallest absolute Gasteiger partial charge is 0.338 e. The first-order chi connectivity index (χ1) is 8.77. The summed E-state index contributed by atoms with van der Waals surface area (Å²) in [5.41, 5.74) is 1.30. The number of benzene rings is 1. The quantitative estimate of drug-likeness (QED) is 0.628. The Balaban J connectivity index is 1.86. The van der Waals surface area contributed by atoms with E-state index in [4.69, 9.17) is 16.3 Å². The number of hydrogen-bond acceptors (Lipinski definition) is 4. The molecule has 92 valence electrons. The van der Waals surface area contributed by atoms with Crippen LogP contribution < -0.4 is 0 Å². The van der Waals surface area contributed by atoms with E-state index >= 15 is 0 Å². The first-order valence-corrected chi connectivity index (χ1v) is 5.81. The van der Waals surface area contributed by atoms with E-state index in [1.807, 2.05) is 6.07 Å². The van der Waals surface area contributed by atoms with Crippen LogP contribution in [0.2, 0.25) is 5.15 Å². The van der Waals surface area contributed by atoms with E-state index in [1.165, 1.54) is 6.33 Å². The SMILES string of the molecule is O=C(OCCc1cncnc1Cl)c1ccccc1. The van der Waals surface area contributed by atoms with Gasteiger partial charge in [0.15, 0.2) is 0 Å². The zero-order valence-electron chi connectivity index (χ0n) is 9.54. The van der Waals surface area contributed by atoms with Gasteiger partial charge in [0.05, 0.1) is 12.2 Å². The van der Waals surface area contributed by atoms with Crippen molar-refractivity contribution in [2.24, 2.45) is 0 Å². The van der Waals surface area contributed by atoms with Gasteiger partial charge >= 0.3 is 5.97 Å². The van der Waals surface area contributed by atoms with Crippen LogP contribution in [0.4, 0.5) is 0 Å². The summed E-state index contributed by atoms with van der Waals surface area (Å²) in [5.74, 6) is -0.344. The number of nitrogens with zero attached hydrogens (tertiary/aromatic N) is 2. The minimum atomic E-state index is -0.344. The summed E-state index contributed by atoms with van der Waals surface area (Å²) in [6.45, 7) is 0.251. The van der Waals surface area contributed by atoms with Crippen molar-refractivity contribution in [3.63, 3.8) is 0 Å². The molecule has 0 aliphatic carbocycles. The molecule has 2 rings (SSSR count). The lowest BCUT2D eigenvalue weighted by atomic mass is 10.2. The van der Waals surface area contributed by atoms with Gasteiger partial charge < -0.3 is 4.74 Å². The third kappa shape index (κ3) is 3.28. The maximum absolute atomic E-state index is 11.6. The van der Waals surface area contributed by atoms with Crippen molar-refractivity contribution in [1.82, 2.24) is 9.97 Å². The fraction of sp³-hybridized carbons (Fsp3) is 0.154. The number of hydrogen-bond donors (Lipinski definition) is 0. The molecule has 0 saturated carbocycles. The molecule has 0 atom stereocenters. The van der Waals surface area contributed by atoms with E-state index in [0.717, 1.165) is 5.56 Å². The highest BCUT2D eigenvalue weighted by molar-refractivity contribution is 6.30. The maximum Gasteiger partial charge on any atom is 0.338 e. The van der Waals surface area contributed by atoms with Crippen LogP contribution in [0, 0.1) is 0 Å². The molecule has 4 nitrogen and oxygen atoms in total. The summed E-state index contributed by atoms with van der Waals surface area (Å²) in [6.07, 6.45) is 3.49. The van der Waals surface area contributed by atoms with Crippen LogP contribution in [0.5, 0.6) is 0 Å². The highest BCUT2D eigenvalue weighted by Crippen LogP contribution is 2.11. The van der Waals surface area contributed by atoms with E-state index in [9.17, 15) is 4.79 Å². The zero-order chi connectivity index (χ0) is 12.8. The fourth-order valence-corrected chi connectivity index (χ4v) is 1.61. The van der Waals surface area contributed by atoms with Crippen LogP contribution in [0.25, 0.3) is 0 Å². The molecule has 1 aromatic heterocycles. The van der Waals surface area contributed by atoms with E-state index in [1.54, 1.807) is 30.5 Å². The monoisotopic (exact) mass is 262 g/mol. The molecule has 0 unspecified atom stereocenters. The molecular weight excluding hydrogens is 252 g/mol. The number of esters is 1. The van der Waals surface area contributed by atoms with Crippen LogP contribution in [0.1, 0.15) is 15.9 Å². The van der Waals surface area contributed by atoms with Crippen molar-refractivity contribution in [3.05, 3.63) is 59.1 Å². The number of carbonyl (C=O) groups excluding carboxylic acids is 1. The van der Waals surface area contributed by atoms with E-state index < -0.39 is 0 Å². The second-order valence-electron chi connectivity index (χ2n) is 3.59. The van der Waals surface area contributed by atoms with Gasteiger partial charge in [-0.3, -0.25) is 0 Å². The summed E-state index contributed by atoms with van der Waals surface area (Å²) >= 11 is 5.86. The molecule has 0 radical (unpaired) electrons. The molecule has 0 fully saturated rings. The average molecular weight is 263 g/mol. The third-order valence-electron chi connectivity index (χ3n) is 2.35. The Bertz CT molecular complexity index is 532. The van der Waals surface area contributed by atoms with Crippen molar-refractivity contribution in [1.29, 1.82) is 0 Å². The Morgan fingerprint density at radius 3 is 2.78 bits per heavy atom. The lowest BCUT2D eigenvalue weighted by molar-refractivity contribution is 0.0509. The lowest BCUT2D eigenvalue weighted by Gasteiger charge is -2.05. The Labute approximate surface area is 110 Å². The number of aromatic nitrogens is 2. The van der Waals surface area contributed by atoms with E-state index in [0.29, 0.717) is 17.1 Å². The Morgan fingerprint density at radius 2 is 2.06 bits per heavy atom. The van der Waals surface area contributed by atoms with Crippen molar-refractivity contribution in [2.45, 2.75) is 6.42 Å². The van der Waals surface area contributed by atoms with Gasteiger partial charge in [0.1, 0.15) is 11.5 Å². The van der Waals surface area contributed by atoms with Crippen LogP contribution >= 0.6 is 11.6 Å². The minimum Gasteiger partial charge on any atom is -0.462 e. The Hall–Kier alpha value is -1.94. The number of carbonyl (C=O) groups is 1. The third-order valence-corrected chi connectivity index (χ3v) is 2.69. The van der Waals surface area contributed by atoms with Gasteiger partial charge in [-0.05, 0) is 12.1 Å². The first kappa shape index (κ1) is 12.5. The van der Waals surface area contributed by atoms with E-state index in [-0.39, 0.29) is 12.6 Å². The van der Waals surface area contributed by atoms with Crippen LogP contribution in [-0.4, -0.2) is 22.5 Å². The molecule has 0 bridgehead atoms. The molecule has 1 heterocycles. The summed E-state index contributed by atoms with van der Waals surface area (Å²) in [5, 5.41) is 0.390. The van der Waals surface area contributed by atoms with Crippen molar-refractivity contribution < 1.29 is 9.53 Å². The van der Waals surface area contributed by atoms with Gasteiger partial charge in [-0.15, -0.1) is 0 Å². The fourth-order valence-electron chi connectivity index (χ4n) is 1.42. The van der Waals surface area contributed by atoms with Crippen molar-refractivity contribution in [2.75, 3.05) is 6.61 Å². The summed E-state index contributed by atoms with van der Waals surface area (Å²) < 4.78 is 5.13. The standard InChI is InChI=1S/C13H11ClN2O2/c14-12-11(8-15-9-16-12)6-7-18-13(17)10-4-2-1-3-5-10/h1-5,8-9H,6-7H2. The van der Waals surface area contributed by atoms with Crippen LogP contribution in [0.3, 0.4) is 0 Å². The Kier molecular flexibility index (Phi) is 4.25. The van der Waals surface area contributed by atoms with E-state index in [2.05, 4.69) is 9.97 Å². The van der Waals surface area contributed by atoms with Crippen LogP contribution in [0.15, 0.2) is 42.9 Å².